The molecule has 3 aromatic carbocycles. The standard InChI is InChI=1S/C32H31N3O2/c1-21-13-27-28(14-22(21)2)30(18-32-34-26(20-37-32)16-24-11-7-4-8-12-24)35-29(27)17-31-33-25(19-36-31)15-23-9-5-3-6-10-23/h3-14,17-18,25-26,35H,15-16,19-20H2,1-2H3. The third-order valence-corrected chi connectivity index (χ3v) is 7.11. The highest BCUT2D eigenvalue weighted by molar-refractivity contribution is 6.09. The fourth-order valence-corrected chi connectivity index (χ4v) is 5.03. The van der Waals surface area contributed by atoms with Gasteiger partial charge < -0.3 is 14.5 Å². The van der Waals surface area contributed by atoms with Crippen LogP contribution in [0, 0.1) is 13.8 Å². The molecular formula is C32H31N3O2. The average molecular weight is 490 g/mol. The fraction of sp³-hybridized carbons (Fsp3) is 0.250. The van der Waals surface area contributed by atoms with Gasteiger partial charge in [0.25, 0.3) is 0 Å². The lowest BCUT2D eigenvalue weighted by atomic mass is 10.0. The van der Waals surface area contributed by atoms with Crippen molar-refractivity contribution >= 4 is 34.7 Å². The molecule has 5 heteroatoms. The second-order valence-electron chi connectivity index (χ2n) is 9.97. The fourth-order valence-electron chi connectivity index (χ4n) is 5.03. The van der Waals surface area contributed by atoms with Gasteiger partial charge in [0.05, 0.1) is 22.8 Å². The summed E-state index contributed by atoms with van der Waals surface area (Å²) in [6.07, 6.45) is 5.80. The third-order valence-electron chi connectivity index (χ3n) is 7.11. The summed E-state index contributed by atoms with van der Waals surface area (Å²) in [6, 6.07) is 25.6. The topological polar surface area (TPSA) is 59.0 Å². The Morgan fingerprint density at radius 1 is 0.703 bits per heavy atom. The summed E-state index contributed by atoms with van der Waals surface area (Å²) in [5.74, 6) is 1.34. The SMILES string of the molecule is Cc1cc2c(=CC3=NC(Cc4ccccc4)CO3)[nH]c(=CC3=NC(Cc4ccccc4)CO3)c2cc1C. The zero-order chi connectivity index (χ0) is 25.2. The molecule has 2 unspecified atom stereocenters. The molecular weight excluding hydrogens is 458 g/mol. The van der Waals surface area contributed by atoms with Gasteiger partial charge in [-0.1, -0.05) is 60.7 Å². The van der Waals surface area contributed by atoms with Crippen molar-refractivity contribution < 1.29 is 9.47 Å². The van der Waals surface area contributed by atoms with E-state index >= 15 is 0 Å². The first-order chi connectivity index (χ1) is 18.1. The summed E-state index contributed by atoms with van der Waals surface area (Å²) in [7, 11) is 0. The summed E-state index contributed by atoms with van der Waals surface area (Å²) < 4.78 is 11.9. The monoisotopic (exact) mass is 489 g/mol. The van der Waals surface area contributed by atoms with Gasteiger partial charge in [-0.2, -0.15) is 0 Å². The van der Waals surface area contributed by atoms with Crippen molar-refractivity contribution in [2.24, 2.45) is 9.98 Å². The highest BCUT2D eigenvalue weighted by Crippen LogP contribution is 2.17. The minimum absolute atomic E-state index is 0.132. The van der Waals surface area contributed by atoms with Gasteiger partial charge in [-0.3, -0.25) is 0 Å². The van der Waals surface area contributed by atoms with Gasteiger partial charge in [-0.15, -0.1) is 0 Å². The van der Waals surface area contributed by atoms with Crippen LogP contribution >= 0.6 is 0 Å². The molecule has 0 saturated carbocycles. The van der Waals surface area contributed by atoms with Crippen molar-refractivity contribution in [1.82, 2.24) is 4.98 Å². The molecule has 37 heavy (non-hydrogen) atoms. The van der Waals surface area contributed by atoms with E-state index in [1.165, 1.54) is 22.3 Å². The van der Waals surface area contributed by atoms with E-state index < -0.39 is 0 Å². The molecule has 0 aliphatic carbocycles. The lowest BCUT2D eigenvalue weighted by molar-refractivity contribution is 0.320. The van der Waals surface area contributed by atoms with Crippen LogP contribution in [0.3, 0.4) is 0 Å². The van der Waals surface area contributed by atoms with Gasteiger partial charge in [0.1, 0.15) is 13.2 Å². The van der Waals surface area contributed by atoms with Gasteiger partial charge in [0.15, 0.2) is 0 Å². The molecule has 0 bridgehead atoms. The van der Waals surface area contributed by atoms with E-state index in [-0.39, 0.29) is 12.1 Å². The normalized spacial score (nSPS) is 20.2. The number of nitrogens with zero attached hydrogens (tertiary/aromatic N) is 2. The van der Waals surface area contributed by atoms with E-state index in [1.54, 1.807) is 0 Å². The number of nitrogens with one attached hydrogen (secondary N) is 1. The lowest BCUT2D eigenvalue weighted by Gasteiger charge is -2.03. The predicted octanol–water partition coefficient (Wildman–Crippen LogP) is 4.43. The molecule has 0 radical (unpaired) electrons. The van der Waals surface area contributed by atoms with Crippen LogP contribution in [0.1, 0.15) is 22.3 Å². The average Bonchev–Trinajstić information content (AvgIpc) is 3.62. The molecule has 0 fully saturated rings. The Kier molecular flexibility index (Phi) is 6.35. The molecule has 6 rings (SSSR count). The summed E-state index contributed by atoms with van der Waals surface area (Å²) in [5, 5.41) is 4.27. The summed E-state index contributed by atoms with van der Waals surface area (Å²) in [4.78, 5) is 13.3. The molecule has 2 aliphatic rings. The Balaban J connectivity index is 1.32. The Bertz CT molecular complexity index is 1480. The summed E-state index contributed by atoms with van der Waals surface area (Å²) in [6.45, 7) is 5.49. The van der Waals surface area contributed by atoms with Crippen LogP contribution in [0.25, 0.3) is 22.9 Å². The van der Waals surface area contributed by atoms with Crippen LogP contribution in [0.15, 0.2) is 82.8 Å². The Labute approximate surface area is 216 Å². The largest absolute Gasteiger partial charge is 0.476 e. The van der Waals surface area contributed by atoms with E-state index in [0.29, 0.717) is 25.0 Å². The van der Waals surface area contributed by atoms with Gasteiger partial charge in [0.2, 0.25) is 11.8 Å². The van der Waals surface area contributed by atoms with E-state index in [2.05, 4.69) is 79.5 Å². The highest BCUT2D eigenvalue weighted by atomic mass is 16.5. The van der Waals surface area contributed by atoms with Gasteiger partial charge in [0, 0.05) is 22.9 Å². The number of rotatable bonds is 6. The van der Waals surface area contributed by atoms with Crippen LogP contribution in [0.5, 0.6) is 0 Å². The second-order valence-corrected chi connectivity index (χ2v) is 9.97. The zero-order valence-corrected chi connectivity index (χ0v) is 21.3. The first-order valence-electron chi connectivity index (χ1n) is 12.9. The lowest BCUT2D eigenvalue weighted by Crippen LogP contribution is -2.14. The number of ether oxygens (including phenoxy) is 2. The van der Waals surface area contributed by atoms with Crippen molar-refractivity contribution in [2.45, 2.75) is 38.8 Å². The quantitative estimate of drug-likeness (QED) is 0.436. The number of benzene rings is 3. The molecule has 1 aromatic heterocycles. The predicted molar refractivity (Wildman–Crippen MR) is 151 cm³/mol. The molecule has 0 saturated heterocycles. The van der Waals surface area contributed by atoms with E-state index in [0.717, 1.165) is 34.3 Å². The molecule has 0 spiro atoms. The van der Waals surface area contributed by atoms with Crippen LogP contribution in [0.2, 0.25) is 0 Å². The minimum Gasteiger partial charge on any atom is -0.476 e. The van der Waals surface area contributed by atoms with E-state index in [9.17, 15) is 0 Å². The first kappa shape index (κ1) is 23.3. The van der Waals surface area contributed by atoms with Crippen molar-refractivity contribution in [1.29, 1.82) is 0 Å². The van der Waals surface area contributed by atoms with Crippen molar-refractivity contribution in [3.05, 3.63) is 106 Å². The number of hydrogen-bond donors (Lipinski definition) is 1. The number of aliphatic imine (C=N–C) groups is 2. The highest BCUT2D eigenvalue weighted by Gasteiger charge is 2.20. The Morgan fingerprint density at radius 3 is 1.57 bits per heavy atom. The molecule has 5 nitrogen and oxygen atoms in total. The van der Waals surface area contributed by atoms with Gasteiger partial charge >= 0.3 is 0 Å². The molecule has 3 heterocycles. The van der Waals surface area contributed by atoms with E-state index in [1.807, 2.05) is 24.3 Å². The molecule has 4 aromatic rings. The molecule has 0 amide bonds. The van der Waals surface area contributed by atoms with Crippen LogP contribution < -0.4 is 10.7 Å². The number of aromatic amines is 1. The van der Waals surface area contributed by atoms with Crippen LogP contribution in [-0.2, 0) is 22.3 Å². The number of hydrogen-bond acceptors (Lipinski definition) is 4. The zero-order valence-electron chi connectivity index (χ0n) is 21.3. The van der Waals surface area contributed by atoms with E-state index in [4.69, 9.17) is 19.5 Å². The maximum absolute atomic E-state index is 5.97. The smallest absolute Gasteiger partial charge is 0.211 e. The molecule has 2 atom stereocenters. The van der Waals surface area contributed by atoms with Crippen LogP contribution in [0.4, 0.5) is 0 Å². The molecule has 2 aliphatic heterocycles. The Morgan fingerprint density at radius 2 is 1.14 bits per heavy atom. The van der Waals surface area contributed by atoms with Gasteiger partial charge in [-0.05, 0) is 61.1 Å². The number of aryl methyl sites for hydroxylation is 2. The minimum atomic E-state index is 0.132. The second kappa shape index (κ2) is 10.1. The first-order valence-corrected chi connectivity index (χ1v) is 12.9. The molecule has 1 N–H and O–H groups in total. The third kappa shape index (κ3) is 5.21. The summed E-state index contributed by atoms with van der Waals surface area (Å²) in [5.41, 5.74) is 5.05. The van der Waals surface area contributed by atoms with Crippen LogP contribution in [-0.4, -0.2) is 42.1 Å². The summed E-state index contributed by atoms with van der Waals surface area (Å²) >= 11 is 0. The van der Waals surface area contributed by atoms with Crippen molar-refractivity contribution in [3.63, 3.8) is 0 Å². The number of H-pyrrole nitrogens is 1. The number of fused-ring (bicyclic) bond motifs is 1. The number of aromatic nitrogens is 1. The molecule has 186 valence electrons. The maximum Gasteiger partial charge on any atom is 0.211 e. The maximum atomic E-state index is 5.97. The van der Waals surface area contributed by atoms with Gasteiger partial charge in [-0.25, -0.2) is 9.98 Å². The van der Waals surface area contributed by atoms with Crippen molar-refractivity contribution in [2.75, 3.05) is 13.2 Å². The Hall–Kier alpha value is -4.12. The van der Waals surface area contributed by atoms with Crippen molar-refractivity contribution in [3.8, 4) is 0 Å².